The molecule has 0 saturated carbocycles. The second-order valence-corrected chi connectivity index (χ2v) is 7.93. The first-order valence-corrected chi connectivity index (χ1v) is 9.40. The molecule has 0 unspecified atom stereocenters. The first-order valence-electron chi connectivity index (χ1n) is 8.52. The van der Waals surface area contributed by atoms with Gasteiger partial charge in [-0.1, -0.05) is 6.07 Å². The van der Waals surface area contributed by atoms with Crippen molar-refractivity contribution in [2.75, 3.05) is 20.1 Å². The van der Waals surface area contributed by atoms with Crippen LogP contribution in [-0.2, 0) is 0 Å². The minimum Gasteiger partial charge on any atom is -0.331 e. The number of aryl methyl sites for hydroxylation is 1. The van der Waals surface area contributed by atoms with Crippen LogP contribution < -0.4 is 0 Å². The minimum atomic E-state index is 0.0460. The minimum absolute atomic E-state index is 0.0460. The van der Waals surface area contributed by atoms with E-state index < -0.39 is 0 Å². The van der Waals surface area contributed by atoms with Crippen molar-refractivity contribution in [1.82, 2.24) is 25.0 Å². The topological polar surface area (TPSA) is 65.1 Å². The highest BCUT2D eigenvalue weighted by atomic mass is 32.1. The number of rotatable bonds is 2. The van der Waals surface area contributed by atoms with E-state index in [1.54, 1.807) is 11.3 Å². The summed E-state index contributed by atoms with van der Waals surface area (Å²) in [6.45, 7) is 3.77. The summed E-state index contributed by atoms with van der Waals surface area (Å²) in [6, 6.07) is 6.86. The zero-order chi connectivity index (χ0) is 17.1. The maximum absolute atomic E-state index is 13.0. The van der Waals surface area contributed by atoms with Crippen molar-refractivity contribution in [2.45, 2.75) is 25.4 Å². The van der Waals surface area contributed by atoms with Crippen molar-refractivity contribution in [3.63, 3.8) is 0 Å². The van der Waals surface area contributed by atoms with Crippen LogP contribution >= 0.6 is 11.3 Å². The standard InChI is InChI=1S/C18H19N5OS/c1-10-9-25-17(19-10)11-3-4-14-15(5-11)20-21-16(14)18(24)23-8-12-6-13(23)7-22(12)2/h3-5,9,12-13H,6-8H2,1-2H3,(H,20,21)/t12-,13-/m0/s1. The van der Waals surface area contributed by atoms with Crippen LogP contribution in [0.4, 0.5) is 0 Å². The van der Waals surface area contributed by atoms with Gasteiger partial charge in [-0.3, -0.25) is 14.8 Å². The zero-order valence-electron chi connectivity index (χ0n) is 14.2. The number of aromatic nitrogens is 3. The molecule has 2 fully saturated rings. The van der Waals surface area contributed by atoms with Crippen molar-refractivity contribution in [3.8, 4) is 10.6 Å². The number of fused-ring (bicyclic) bond motifs is 3. The summed E-state index contributed by atoms with van der Waals surface area (Å²) in [5.74, 6) is 0.0460. The van der Waals surface area contributed by atoms with Gasteiger partial charge >= 0.3 is 0 Å². The van der Waals surface area contributed by atoms with Crippen molar-refractivity contribution < 1.29 is 4.79 Å². The third-order valence-corrected chi connectivity index (χ3v) is 6.42. The molecule has 2 atom stereocenters. The lowest BCUT2D eigenvalue weighted by Crippen LogP contribution is -2.47. The highest BCUT2D eigenvalue weighted by Gasteiger charge is 2.44. The van der Waals surface area contributed by atoms with Gasteiger partial charge < -0.3 is 4.90 Å². The van der Waals surface area contributed by atoms with Gasteiger partial charge in [0.2, 0.25) is 0 Å². The van der Waals surface area contributed by atoms with Gasteiger partial charge in [0, 0.05) is 47.2 Å². The Morgan fingerprint density at radius 1 is 1.32 bits per heavy atom. The Morgan fingerprint density at radius 2 is 2.20 bits per heavy atom. The average Bonchev–Trinajstić information content (AvgIpc) is 3.35. The number of aromatic amines is 1. The smallest absolute Gasteiger partial charge is 0.275 e. The van der Waals surface area contributed by atoms with E-state index >= 15 is 0 Å². The molecule has 25 heavy (non-hydrogen) atoms. The molecule has 2 bridgehead atoms. The van der Waals surface area contributed by atoms with E-state index in [1.165, 1.54) is 0 Å². The molecule has 0 spiro atoms. The molecular formula is C18H19N5OS. The Morgan fingerprint density at radius 3 is 2.88 bits per heavy atom. The van der Waals surface area contributed by atoms with Gasteiger partial charge in [0.1, 0.15) is 5.01 Å². The fraction of sp³-hybridized carbons (Fsp3) is 0.389. The lowest BCUT2D eigenvalue weighted by atomic mass is 10.1. The first kappa shape index (κ1) is 15.0. The number of likely N-dealkylation sites (tertiary alicyclic amines) is 2. The van der Waals surface area contributed by atoms with E-state index in [4.69, 9.17) is 0 Å². The number of hydrogen-bond donors (Lipinski definition) is 1. The van der Waals surface area contributed by atoms with Gasteiger partial charge in [0.05, 0.1) is 5.52 Å². The first-order chi connectivity index (χ1) is 12.1. The molecule has 0 aliphatic carbocycles. The number of carbonyl (C=O) groups is 1. The molecule has 1 N–H and O–H groups in total. The summed E-state index contributed by atoms with van der Waals surface area (Å²) in [7, 11) is 2.14. The number of thiazole rings is 1. The normalized spacial score (nSPS) is 23.0. The van der Waals surface area contributed by atoms with Crippen molar-refractivity contribution in [2.24, 2.45) is 0 Å². The highest BCUT2D eigenvalue weighted by molar-refractivity contribution is 7.13. The Balaban J connectivity index is 1.47. The number of nitrogens with one attached hydrogen (secondary N) is 1. The van der Waals surface area contributed by atoms with E-state index in [0.29, 0.717) is 17.8 Å². The van der Waals surface area contributed by atoms with E-state index in [9.17, 15) is 4.79 Å². The number of carbonyl (C=O) groups excluding carboxylic acids is 1. The van der Waals surface area contributed by atoms with Crippen molar-refractivity contribution in [3.05, 3.63) is 35.0 Å². The van der Waals surface area contributed by atoms with Gasteiger partial charge in [-0.2, -0.15) is 5.10 Å². The fourth-order valence-corrected chi connectivity index (χ4v) is 4.85. The summed E-state index contributed by atoms with van der Waals surface area (Å²) in [4.78, 5) is 21.9. The summed E-state index contributed by atoms with van der Waals surface area (Å²) in [6.07, 6.45) is 1.08. The molecule has 4 heterocycles. The largest absolute Gasteiger partial charge is 0.331 e. The van der Waals surface area contributed by atoms with Gasteiger partial charge in [0.25, 0.3) is 5.91 Å². The van der Waals surface area contributed by atoms with E-state index in [0.717, 1.165) is 46.7 Å². The quantitative estimate of drug-likeness (QED) is 0.769. The van der Waals surface area contributed by atoms with E-state index in [-0.39, 0.29) is 5.91 Å². The molecular weight excluding hydrogens is 334 g/mol. The van der Waals surface area contributed by atoms with Crippen LogP contribution in [0.1, 0.15) is 22.6 Å². The molecule has 7 heteroatoms. The van der Waals surface area contributed by atoms with Gasteiger partial charge in [0.15, 0.2) is 5.69 Å². The Hall–Kier alpha value is -2.25. The SMILES string of the molecule is Cc1csc(-c2ccc3c(C(=O)N4C[C@@H]5C[C@H]4CN5C)n[nH]c3c2)n1. The van der Waals surface area contributed by atoms with Crippen LogP contribution in [0.3, 0.4) is 0 Å². The van der Waals surface area contributed by atoms with Crippen LogP contribution in [0.2, 0.25) is 0 Å². The van der Waals surface area contributed by atoms with Gasteiger partial charge in [-0.05, 0) is 32.5 Å². The number of nitrogens with zero attached hydrogens (tertiary/aromatic N) is 4. The molecule has 2 aromatic heterocycles. The van der Waals surface area contributed by atoms with Crippen LogP contribution in [0.25, 0.3) is 21.5 Å². The Kier molecular flexibility index (Phi) is 3.23. The van der Waals surface area contributed by atoms with Gasteiger partial charge in [-0.25, -0.2) is 4.98 Å². The summed E-state index contributed by atoms with van der Waals surface area (Å²) < 4.78 is 0. The van der Waals surface area contributed by atoms with Crippen molar-refractivity contribution >= 4 is 28.1 Å². The van der Waals surface area contributed by atoms with Crippen LogP contribution in [-0.4, -0.2) is 63.1 Å². The van der Waals surface area contributed by atoms with E-state index in [2.05, 4.69) is 27.1 Å². The highest BCUT2D eigenvalue weighted by Crippen LogP contribution is 2.32. The number of amides is 1. The molecule has 2 aliphatic heterocycles. The van der Waals surface area contributed by atoms with Gasteiger partial charge in [-0.15, -0.1) is 11.3 Å². The molecule has 2 aliphatic rings. The summed E-state index contributed by atoms with van der Waals surface area (Å²) >= 11 is 1.63. The predicted molar refractivity (Wildman–Crippen MR) is 97.8 cm³/mol. The third-order valence-electron chi connectivity index (χ3n) is 5.41. The number of likely N-dealkylation sites (N-methyl/N-ethyl adjacent to an activating group) is 1. The lowest BCUT2D eigenvalue weighted by Gasteiger charge is -2.31. The zero-order valence-corrected chi connectivity index (χ0v) is 15.0. The lowest BCUT2D eigenvalue weighted by molar-refractivity contribution is 0.0646. The predicted octanol–water partition coefficient (Wildman–Crippen LogP) is 2.52. The summed E-state index contributed by atoms with van der Waals surface area (Å²) in [5.41, 5.74) is 3.49. The maximum Gasteiger partial charge on any atom is 0.275 e. The fourth-order valence-electron chi connectivity index (χ4n) is 4.05. The second kappa shape index (κ2) is 5.37. The molecule has 1 aromatic carbocycles. The Labute approximate surface area is 149 Å². The average molecular weight is 353 g/mol. The second-order valence-electron chi connectivity index (χ2n) is 7.07. The molecule has 128 valence electrons. The Bertz CT molecular complexity index is 975. The molecule has 2 saturated heterocycles. The molecule has 1 amide bonds. The molecule has 3 aromatic rings. The summed E-state index contributed by atoms with van der Waals surface area (Å²) in [5, 5.41) is 11.3. The number of hydrogen-bond acceptors (Lipinski definition) is 5. The van der Waals surface area contributed by atoms with Crippen molar-refractivity contribution in [1.29, 1.82) is 0 Å². The number of H-pyrrole nitrogens is 1. The molecule has 5 rings (SSSR count). The van der Waals surface area contributed by atoms with Crippen LogP contribution in [0, 0.1) is 6.92 Å². The number of benzene rings is 1. The number of piperazine rings is 1. The third kappa shape index (κ3) is 2.30. The maximum atomic E-state index is 13.0. The molecule has 6 nitrogen and oxygen atoms in total. The van der Waals surface area contributed by atoms with Crippen LogP contribution in [0.15, 0.2) is 23.6 Å². The van der Waals surface area contributed by atoms with Crippen LogP contribution in [0.5, 0.6) is 0 Å². The molecule has 0 radical (unpaired) electrons. The monoisotopic (exact) mass is 353 g/mol. The van der Waals surface area contributed by atoms with E-state index in [1.807, 2.05) is 35.4 Å².